The van der Waals surface area contributed by atoms with Crippen LogP contribution in [0.5, 0.6) is 0 Å². The van der Waals surface area contributed by atoms with E-state index in [1.165, 1.54) is 0 Å². The Labute approximate surface area is 106 Å². The van der Waals surface area contributed by atoms with Gasteiger partial charge in [0.05, 0.1) is 5.75 Å². The standard InChI is InChI=1S/C12H26N2O2S/c1-5-14(11-6-8-13-10-11)17(15,16)9-7-12(2,3)4/h11,13H,5-10H2,1-4H3. The lowest BCUT2D eigenvalue weighted by atomic mass is 9.94. The molecule has 5 heteroatoms. The molecule has 1 atom stereocenters. The highest BCUT2D eigenvalue weighted by atomic mass is 32.2. The normalized spacial score (nSPS) is 22.3. The average molecular weight is 262 g/mol. The molecule has 1 aliphatic rings. The van der Waals surface area contributed by atoms with Crippen LogP contribution < -0.4 is 5.32 Å². The first-order valence-electron chi connectivity index (χ1n) is 6.46. The number of rotatable bonds is 5. The second kappa shape index (κ2) is 5.67. The van der Waals surface area contributed by atoms with Gasteiger partial charge in [-0.1, -0.05) is 27.7 Å². The summed E-state index contributed by atoms with van der Waals surface area (Å²) >= 11 is 0. The lowest BCUT2D eigenvalue weighted by Crippen LogP contribution is -2.43. The lowest BCUT2D eigenvalue weighted by molar-refractivity contribution is 0.339. The number of hydrogen-bond acceptors (Lipinski definition) is 3. The van der Waals surface area contributed by atoms with Crippen molar-refractivity contribution in [3.8, 4) is 0 Å². The maximum absolute atomic E-state index is 12.3. The van der Waals surface area contributed by atoms with Crippen molar-refractivity contribution in [3.05, 3.63) is 0 Å². The van der Waals surface area contributed by atoms with Crippen molar-refractivity contribution in [1.29, 1.82) is 0 Å². The van der Waals surface area contributed by atoms with E-state index < -0.39 is 10.0 Å². The summed E-state index contributed by atoms with van der Waals surface area (Å²) in [5, 5.41) is 3.23. The molecule has 1 aliphatic heterocycles. The summed E-state index contributed by atoms with van der Waals surface area (Å²) in [6.07, 6.45) is 1.65. The van der Waals surface area contributed by atoms with E-state index in [4.69, 9.17) is 0 Å². The summed E-state index contributed by atoms with van der Waals surface area (Å²) in [5.74, 6) is 0.265. The van der Waals surface area contributed by atoms with Crippen molar-refractivity contribution < 1.29 is 8.42 Å². The Balaban J connectivity index is 2.65. The zero-order valence-electron chi connectivity index (χ0n) is 11.5. The van der Waals surface area contributed by atoms with Gasteiger partial charge in [-0.3, -0.25) is 0 Å². The molecule has 0 bridgehead atoms. The van der Waals surface area contributed by atoms with Crippen LogP contribution >= 0.6 is 0 Å². The number of nitrogens with one attached hydrogen (secondary N) is 1. The lowest BCUT2D eigenvalue weighted by Gasteiger charge is -2.28. The van der Waals surface area contributed by atoms with Gasteiger partial charge in [0.1, 0.15) is 0 Å². The van der Waals surface area contributed by atoms with Gasteiger partial charge >= 0.3 is 0 Å². The van der Waals surface area contributed by atoms with Crippen LogP contribution in [0.4, 0.5) is 0 Å². The van der Waals surface area contributed by atoms with Crippen molar-refractivity contribution in [3.63, 3.8) is 0 Å². The monoisotopic (exact) mass is 262 g/mol. The fraction of sp³-hybridized carbons (Fsp3) is 1.00. The molecular weight excluding hydrogens is 236 g/mol. The van der Waals surface area contributed by atoms with E-state index >= 15 is 0 Å². The average Bonchev–Trinajstić information content (AvgIpc) is 2.68. The van der Waals surface area contributed by atoms with Gasteiger partial charge in [0, 0.05) is 19.1 Å². The van der Waals surface area contributed by atoms with E-state index in [9.17, 15) is 8.42 Å². The topological polar surface area (TPSA) is 49.4 Å². The second-order valence-corrected chi connectivity index (χ2v) is 8.02. The Morgan fingerprint density at radius 2 is 2.00 bits per heavy atom. The van der Waals surface area contributed by atoms with Gasteiger partial charge in [0.15, 0.2) is 0 Å². The van der Waals surface area contributed by atoms with Crippen LogP contribution in [0.15, 0.2) is 0 Å². The SMILES string of the molecule is CCN(C1CCNC1)S(=O)(=O)CCC(C)(C)C. The molecule has 1 rings (SSSR count). The quantitative estimate of drug-likeness (QED) is 0.815. The fourth-order valence-electron chi connectivity index (χ4n) is 2.12. The first-order chi connectivity index (χ1) is 7.76. The van der Waals surface area contributed by atoms with Crippen LogP contribution in [0.2, 0.25) is 0 Å². The molecule has 4 nitrogen and oxygen atoms in total. The van der Waals surface area contributed by atoms with Gasteiger partial charge in [-0.15, -0.1) is 0 Å². The van der Waals surface area contributed by atoms with Crippen LogP contribution in [0, 0.1) is 5.41 Å². The molecule has 0 aromatic heterocycles. The smallest absolute Gasteiger partial charge is 0.214 e. The molecule has 1 unspecified atom stereocenters. The third kappa shape index (κ3) is 4.56. The largest absolute Gasteiger partial charge is 0.315 e. The summed E-state index contributed by atoms with van der Waals surface area (Å²) in [6.45, 7) is 10.5. The second-order valence-electron chi connectivity index (χ2n) is 5.98. The van der Waals surface area contributed by atoms with Crippen LogP contribution in [0.25, 0.3) is 0 Å². The minimum Gasteiger partial charge on any atom is -0.315 e. The van der Waals surface area contributed by atoms with Gasteiger partial charge in [0.2, 0.25) is 10.0 Å². The van der Waals surface area contributed by atoms with Gasteiger partial charge in [-0.2, -0.15) is 4.31 Å². The molecule has 17 heavy (non-hydrogen) atoms. The molecular formula is C12H26N2O2S. The fourth-order valence-corrected chi connectivity index (χ4v) is 4.25. The maximum Gasteiger partial charge on any atom is 0.214 e. The van der Waals surface area contributed by atoms with E-state index in [1.807, 2.05) is 6.92 Å². The van der Waals surface area contributed by atoms with Gasteiger partial charge in [0.25, 0.3) is 0 Å². The molecule has 0 spiro atoms. The molecule has 0 amide bonds. The summed E-state index contributed by atoms with van der Waals surface area (Å²) in [5.41, 5.74) is 0.0698. The van der Waals surface area contributed by atoms with Gasteiger partial charge < -0.3 is 5.32 Å². The molecule has 0 radical (unpaired) electrons. The third-order valence-corrected chi connectivity index (χ3v) is 5.21. The van der Waals surface area contributed by atoms with E-state index in [0.717, 1.165) is 19.5 Å². The number of hydrogen-bond donors (Lipinski definition) is 1. The first-order valence-corrected chi connectivity index (χ1v) is 8.07. The highest BCUT2D eigenvalue weighted by Crippen LogP contribution is 2.22. The first kappa shape index (κ1) is 14.9. The molecule has 102 valence electrons. The highest BCUT2D eigenvalue weighted by molar-refractivity contribution is 7.89. The Kier molecular flexibility index (Phi) is 4.98. The van der Waals surface area contributed by atoms with Gasteiger partial charge in [-0.05, 0) is 24.8 Å². The highest BCUT2D eigenvalue weighted by Gasteiger charge is 2.31. The van der Waals surface area contributed by atoms with Crippen LogP contribution in [0.1, 0.15) is 40.5 Å². The predicted molar refractivity (Wildman–Crippen MR) is 71.5 cm³/mol. The molecule has 0 aromatic rings. The summed E-state index contributed by atoms with van der Waals surface area (Å²) < 4.78 is 26.3. The van der Waals surface area contributed by atoms with Crippen molar-refractivity contribution >= 4 is 10.0 Å². The zero-order valence-corrected chi connectivity index (χ0v) is 12.3. The number of sulfonamides is 1. The molecule has 0 aliphatic carbocycles. The van der Waals surface area contributed by atoms with Crippen LogP contribution in [0.3, 0.4) is 0 Å². The van der Waals surface area contributed by atoms with E-state index in [2.05, 4.69) is 26.1 Å². The number of nitrogens with zero attached hydrogens (tertiary/aromatic N) is 1. The van der Waals surface area contributed by atoms with E-state index in [1.54, 1.807) is 4.31 Å². The summed E-state index contributed by atoms with van der Waals surface area (Å²) in [4.78, 5) is 0. The molecule has 1 heterocycles. The Morgan fingerprint density at radius 3 is 2.41 bits per heavy atom. The Bertz CT molecular complexity index is 327. The van der Waals surface area contributed by atoms with Crippen molar-refractivity contribution in [2.45, 2.75) is 46.6 Å². The summed E-state index contributed by atoms with van der Waals surface area (Å²) in [6, 6.07) is 0.157. The summed E-state index contributed by atoms with van der Waals surface area (Å²) in [7, 11) is -3.10. The third-order valence-electron chi connectivity index (χ3n) is 3.22. The van der Waals surface area contributed by atoms with E-state index in [0.29, 0.717) is 13.0 Å². The molecule has 1 saturated heterocycles. The zero-order chi connectivity index (χ0) is 13.1. The molecule has 1 N–H and O–H groups in total. The molecule has 0 saturated carbocycles. The van der Waals surface area contributed by atoms with Crippen molar-refractivity contribution in [2.24, 2.45) is 5.41 Å². The molecule has 0 aromatic carbocycles. The van der Waals surface area contributed by atoms with Crippen molar-refractivity contribution in [2.75, 3.05) is 25.4 Å². The number of likely N-dealkylation sites (N-methyl/N-ethyl adjacent to an activating group) is 1. The van der Waals surface area contributed by atoms with Crippen LogP contribution in [-0.2, 0) is 10.0 Å². The van der Waals surface area contributed by atoms with Crippen molar-refractivity contribution in [1.82, 2.24) is 9.62 Å². The minimum absolute atomic E-state index is 0.0698. The Hall–Kier alpha value is -0.130. The molecule has 1 fully saturated rings. The Morgan fingerprint density at radius 1 is 1.35 bits per heavy atom. The minimum atomic E-state index is -3.10. The van der Waals surface area contributed by atoms with E-state index in [-0.39, 0.29) is 17.2 Å². The predicted octanol–water partition coefficient (Wildman–Crippen LogP) is 1.44. The van der Waals surface area contributed by atoms with Crippen LogP contribution in [-0.4, -0.2) is 44.2 Å². The maximum atomic E-state index is 12.3. The van der Waals surface area contributed by atoms with Gasteiger partial charge in [-0.25, -0.2) is 8.42 Å².